The quantitative estimate of drug-likeness (QED) is 0.335. The number of carbonyl (C=O) groups is 1. The Morgan fingerprint density at radius 2 is 1.91 bits per heavy atom. The molecule has 2 aromatic carbocycles. The fraction of sp³-hybridized carbons (Fsp3) is 0.160. The van der Waals surface area contributed by atoms with Crippen LogP contribution in [-0.4, -0.2) is 32.1 Å². The number of halogens is 1. The summed E-state index contributed by atoms with van der Waals surface area (Å²) < 4.78 is 15.9. The van der Waals surface area contributed by atoms with E-state index in [1.165, 1.54) is 25.1 Å². The smallest absolute Gasteiger partial charge is 0.221 e. The van der Waals surface area contributed by atoms with Gasteiger partial charge >= 0.3 is 0 Å². The van der Waals surface area contributed by atoms with Gasteiger partial charge in [-0.1, -0.05) is 12.1 Å². The molecule has 0 spiro atoms. The van der Waals surface area contributed by atoms with Crippen LogP contribution in [0.15, 0.2) is 73.3 Å². The Labute approximate surface area is 191 Å². The molecular weight excluding hydrogens is 421 g/mol. The molecule has 0 aliphatic carbocycles. The van der Waals surface area contributed by atoms with E-state index in [9.17, 15) is 14.3 Å². The van der Waals surface area contributed by atoms with E-state index in [0.29, 0.717) is 29.3 Å². The first-order chi connectivity index (χ1) is 16.0. The van der Waals surface area contributed by atoms with Crippen molar-refractivity contribution in [3.63, 3.8) is 0 Å². The second kappa shape index (κ2) is 9.95. The number of carbonyl (C=O) groups excluding carboxylic acids is 1. The second-order valence-corrected chi connectivity index (χ2v) is 7.63. The van der Waals surface area contributed by atoms with Crippen LogP contribution in [0.3, 0.4) is 0 Å². The molecule has 0 atom stereocenters. The molecule has 0 unspecified atom stereocenters. The number of imidazole rings is 1. The van der Waals surface area contributed by atoms with E-state index >= 15 is 0 Å². The monoisotopic (exact) mass is 445 g/mol. The molecule has 0 radical (unpaired) electrons. The van der Waals surface area contributed by atoms with Gasteiger partial charge in [-0.3, -0.25) is 4.79 Å². The number of pyridine rings is 1. The van der Waals surface area contributed by atoms with E-state index < -0.39 is 5.82 Å². The Kier molecular flexibility index (Phi) is 6.64. The van der Waals surface area contributed by atoms with Crippen molar-refractivity contribution in [3.05, 3.63) is 79.1 Å². The number of nitrogens with zero attached hydrogens (tertiary/aromatic N) is 3. The summed E-state index contributed by atoms with van der Waals surface area (Å²) in [4.78, 5) is 19.9. The normalized spacial score (nSPS) is 10.7. The molecule has 0 saturated heterocycles. The van der Waals surface area contributed by atoms with Crippen molar-refractivity contribution >= 4 is 17.4 Å². The van der Waals surface area contributed by atoms with Crippen LogP contribution in [0.25, 0.3) is 22.4 Å². The van der Waals surface area contributed by atoms with Crippen molar-refractivity contribution in [2.24, 2.45) is 0 Å². The summed E-state index contributed by atoms with van der Waals surface area (Å²) in [6, 6.07) is 14.9. The minimum atomic E-state index is -0.454. The van der Waals surface area contributed by atoms with Crippen LogP contribution in [0.5, 0.6) is 5.75 Å². The number of aromatic nitrogens is 3. The summed E-state index contributed by atoms with van der Waals surface area (Å²) >= 11 is 0. The average Bonchev–Trinajstić information content (AvgIpc) is 3.32. The number of phenolic OH excluding ortho intramolecular Hbond substituents is 1. The van der Waals surface area contributed by atoms with E-state index in [1.54, 1.807) is 18.6 Å². The zero-order chi connectivity index (χ0) is 23.2. The maximum atomic E-state index is 13.9. The Balaban J connectivity index is 1.62. The average molecular weight is 445 g/mol. The van der Waals surface area contributed by atoms with E-state index in [2.05, 4.69) is 20.6 Å². The molecule has 1 amide bonds. The van der Waals surface area contributed by atoms with Crippen molar-refractivity contribution in [1.29, 1.82) is 0 Å². The molecule has 0 bridgehead atoms. The molecule has 0 fully saturated rings. The number of hydrogen-bond acceptors (Lipinski definition) is 5. The third-order valence-electron chi connectivity index (χ3n) is 5.06. The van der Waals surface area contributed by atoms with Crippen LogP contribution >= 0.6 is 0 Å². The van der Waals surface area contributed by atoms with Gasteiger partial charge in [-0.05, 0) is 60.0 Å². The molecule has 0 aliphatic rings. The largest absolute Gasteiger partial charge is 0.507 e. The molecule has 0 saturated carbocycles. The predicted octanol–water partition coefficient (Wildman–Crippen LogP) is 4.92. The number of nitrogens with one attached hydrogen (secondary N) is 2. The Morgan fingerprint density at radius 3 is 2.64 bits per heavy atom. The third kappa shape index (κ3) is 5.74. The number of amides is 1. The Bertz CT molecular complexity index is 1240. The standard InChI is InChI=1S/C25H24FN5O2/c1-17(32)29-21-6-3-18(4-7-21)19-13-23(22-15-20(26)5-8-24(22)33)30-25(14-19)28-9-2-11-31-12-10-27-16-31/h3-8,10,12-16,33H,2,9,11H2,1H3,(H,28,30)(H,29,32). The highest BCUT2D eigenvalue weighted by atomic mass is 19.1. The summed E-state index contributed by atoms with van der Waals surface area (Å²) in [5, 5.41) is 16.4. The summed E-state index contributed by atoms with van der Waals surface area (Å²) in [6.45, 7) is 2.94. The molecule has 3 N–H and O–H groups in total. The highest BCUT2D eigenvalue weighted by Gasteiger charge is 2.12. The van der Waals surface area contributed by atoms with Gasteiger partial charge in [0.1, 0.15) is 17.4 Å². The maximum absolute atomic E-state index is 13.9. The van der Waals surface area contributed by atoms with Crippen molar-refractivity contribution in [2.45, 2.75) is 19.9 Å². The van der Waals surface area contributed by atoms with Gasteiger partial charge in [-0.15, -0.1) is 0 Å². The summed E-state index contributed by atoms with van der Waals surface area (Å²) in [7, 11) is 0. The molecule has 7 nitrogen and oxygen atoms in total. The molecule has 2 aromatic heterocycles. The number of rotatable bonds is 8. The zero-order valence-corrected chi connectivity index (χ0v) is 18.1. The number of aromatic hydroxyl groups is 1. The SMILES string of the molecule is CC(=O)Nc1ccc(-c2cc(NCCCn3ccnc3)nc(-c3cc(F)ccc3O)c2)cc1. The lowest BCUT2D eigenvalue weighted by Crippen LogP contribution is -2.07. The van der Waals surface area contributed by atoms with Crippen molar-refractivity contribution in [1.82, 2.24) is 14.5 Å². The number of aryl methyl sites for hydroxylation is 1. The number of phenols is 1. The first-order valence-electron chi connectivity index (χ1n) is 10.6. The van der Waals surface area contributed by atoms with Crippen molar-refractivity contribution < 1.29 is 14.3 Å². The van der Waals surface area contributed by atoms with Gasteiger partial charge in [0.25, 0.3) is 0 Å². The minimum absolute atomic E-state index is 0.0480. The van der Waals surface area contributed by atoms with E-state index in [4.69, 9.17) is 0 Å². The lowest BCUT2D eigenvalue weighted by molar-refractivity contribution is -0.114. The number of benzene rings is 2. The molecular formula is C25H24FN5O2. The van der Waals surface area contributed by atoms with Gasteiger partial charge in [0.05, 0.1) is 12.0 Å². The lowest BCUT2D eigenvalue weighted by atomic mass is 10.0. The Morgan fingerprint density at radius 1 is 1.09 bits per heavy atom. The molecule has 8 heteroatoms. The molecule has 4 aromatic rings. The summed E-state index contributed by atoms with van der Waals surface area (Å²) in [5.74, 6) is -0.0296. The fourth-order valence-corrected chi connectivity index (χ4v) is 3.49. The highest BCUT2D eigenvalue weighted by Crippen LogP contribution is 2.33. The molecule has 4 rings (SSSR count). The van der Waals surface area contributed by atoms with Gasteiger partial charge in [0.2, 0.25) is 5.91 Å². The van der Waals surface area contributed by atoms with Crippen LogP contribution in [0.2, 0.25) is 0 Å². The summed E-state index contributed by atoms with van der Waals surface area (Å²) in [5.41, 5.74) is 3.20. The predicted molar refractivity (Wildman–Crippen MR) is 126 cm³/mol. The van der Waals surface area contributed by atoms with Gasteiger partial charge in [-0.2, -0.15) is 0 Å². The van der Waals surface area contributed by atoms with E-state index in [0.717, 1.165) is 24.1 Å². The molecule has 168 valence electrons. The van der Waals surface area contributed by atoms with Gasteiger partial charge in [0, 0.05) is 43.7 Å². The van der Waals surface area contributed by atoms with Gasteiger partial charge < -0.3 is 20.3 Å². The van der Waals surface area contributed by atoms with Crippen LogP contribution in [0.4, 0.5) is 15.9 Å². The third-order valence-corrected chi connectivity index (χ3v) is 5.06. The second-order valence-electron chi connectivity index (χ2n) is 7.63. The fourth-order valence-electron chi connectivity index (χ4n) is 3.49. The molecule has 2 heterocycles. The lowest BCUT2D eigenvalue weighted by Gasteiger charge is -2.13. The topological polar surface area (TPSA) is 92.1 Å². The van der Waals surface area contributed by atoms with E-state index in [-0.39, 0.29) is 11.7 Å². The molecule has 0 aliphatic heterocycles. The van der Waals surface area contributed by atoms with Crippen LogP contribution in [0.1, 0.15) is 13.3 Å². The number of anilines is 2. The van der Waals surface area contributed by atoms with E-state index in [1.807, 2.05) is 41.1 Å². The Hall–Kier alpha value is -4.20. The molecule has 33 heavy (non-hydrogen) atoms. The first kappa shape index (κ1) is 22.0. The highest BCUT2D eigenvalue weighted by molar-refractivity contribution is 5.89. The number of hydrogen-bond donors (Lipinski definition) is 3. The maximum Gasteiger partial charge on any atom is 0.221 e. The van der Waals surface area contributed by atoms with Crippen molar-refractivity contribution in [3.8, 4) is 28.1 Å². The van der Waals surface area contributed by atoms with Crippen LogP contribution in [-0.2, 0) is 11.3 Å². The van der Waals surface area contributed by atoms with Crippen LogP contribution < -0.4 is 10.6 Å². The van der Waals surface area contributed by atoms with Gasteiger partial charge in [0.15, 0.2) is 0 Å². The van der Waals surface area contributed by atoms with Crippen LogP contribution in [0, 0.1) is 5.82 Å². The zero-order valence-electron chi connectivity index (χ0n) is 18.1. The first-order valence-corrected chi connectivity index (χ1v) is 10.6. The van der Waals surface area contributed by atoms with Gasteiger partial charge in [-0.25, -0.2) is 14.4 Å². The van der Waals surface area contributed by atoms with Crippen molar-refractivity contribution in [2.75, 3.05) is 17.2 Å². The minimum Gasteiger partial charge on any atom is -0.507 e. The summed E-state index contributed by atoms with van der Waals surface area (Å²) in [6.07, 6.45) is 6.28.